The van der Waals surface area contributed by atoms with E-state index in [-0.39, 0.29) is 5.54 Å². The van der Waals surface area contributed by atoms with E-state index in [1.807, 2.05) is 0 Å². The zero-order chi connectivity index (χ0) is 12.3. The molecule has 0 bridgehead atoms. The third kappa shape index (κ3) is 3.72. The molecule has 0 saturated heterocycles. The number of benzene rings is 1. The summed E-state index contributed by atoms with van der Waals surface area (Å²) in [5.41, 5.74) is 1.39. The smallest absolute Gasteiger partial charge is 0.0347 e. The first-order valence-electron chi connectivity index (χ1n) is 6.01. The summed E-state index contributed by atoms with van der Waals surface area (Å²) in [5, 5.41) is 10.4. The first-order chi connectivity index (χ1) is 8.04. The molecule has 1 aromatic carbocycles. The van der Waals surface area contributed by atoms with Gasteiger partial charge in [0.1, 0.15) is 0 Å². The fourth-order valence-electron chi connectivity index (χ4n) is 1.72. The summed E-state index contributed by atoms with van der Waals surface area (Å²) in [5.74, 6) is 0. The molecule has 0 amide bonds. The predicted molar refractivity (Wildman–Crippen MR) is 78.1 cm³/mol. The van der Waals surface area contributed by atoms with Gasteiger partial charge in [0.2, 0.25) is 0 Å². The first-order valence-corrected chi connectivity index (χ1v) is 6.89. The number of hydrogen-bond donors (Lipinski definition) is 2. The van der Waals surface area contributed by atoms with Crippen molar-refractivity contribution in [2.24, 2.45) is 0 Å². The Hall–Kier alpha value is -1.06. The van der Waals surface area contributed by atoms with Crippen LogP contribution in [-0.4, -0.2) is 18.6 Å². The van der Waals surface area contributed by atoms with Crippen molar-refractivity contribution in [3.63, 3.8) is 0 Å². The van der Waals surface area contributed by atoms with Crippen molar-refractivity contribution in [3.05, 3.63) is 29.6 Å². The third-order valence-corrected chi connectivity index (χ3v) is 3.46. The standard InChI is InChI=1S/C14H20N2S/c1-14(2,3)16-8-7-15-12-4-5-13-11(10-12)6-9-17-13/h4-6,9-10,15-16H,7-8H2,1-3H3. The normalized spacial score (nSPS) is 11.9. The second kappa shape index (κ2) is 5.07. The number of rotatable bonds is 4. The van der Waals surface area contributed by atoms with Crippen molar-refractivity contribution >= 4 is 27.1 Å². The number of hydrogen-bond acceptors (Lipinski definition) is 3. The molecule has 0 atom stereocenters. The largest absolute Gasteiger partial charge is 0.384 e. The van der Waals surface area contributed by atoms with E-state index in [9.17, 15) is 0 Å². The van der Waals surface area contributed by atoms with Crippen LogP contribution in [0.5, 0.6) is 0 Å². The molecule has 2 nitrogen and oxygen atoms in total. The quantitative estimate of drug-likeness (QED) is 0.806. The molecule has 0 aliphatic heterocycles. The molecular weight excluding hydrogens is 228 g/mol. The summed E-state index contributed by atoms with van der Waals surface area (Å²) >= 11 is 1.79. The van der Waals surface area contributed by atoms with Gasteiger partial charge in [-0.3, -0.25) is 0 Å². The van der Waals surface area contributed by atoms with Gasteiger partial charge < -0.3 is 10.6 Å². The van der Waals surface area contributed by atoms with Crippen molar-refractivity contribution in [2.45, 2.75) is 26.3 Å². The zero-order valence-electron chi connectivity index (χ0n) is 10.7. The van der Waals surface area contributed by atoms with Crippen molar-refractivity contribution in [2.75, 3.05) is 18.4 Å². The van der Waals surface area contributed by atoms with Crippen LogP contribution in [0.1, 0.15) is 20.8 Å². The molecule has 1 aromatic heterocycles. The van der Waals surface area contributed by atoms with E-state index in [1.165, 1.54) is 15.8 Å². The van der Waals surface area contributed by atoms with Crippen LogP contribution < -0.4 is 10.6 Å². The Morgan fingerprint density at radius 1 is 1.12 bits per heavy atom. The second-order valence-electron chi connectivity index (χ2n) is 5.28. The van der Waals surface area contributed by atoms with Gasteiger partial charge in [-0.25, -0.2) is 0 Å². The highest BCUT2D eigenvalue weighted by Crippen LogP contribution is 2.23. The molecule has 17 heavy (non-hydrogen) atoms. The van der Waals surface area contributed by atoms with Gasteiger partial charge in [0, 0.05) is 29.0 Å². The van der Waals surface area contributed by atoms with Crippen LogP contribution in [-0.2, 0) is 0 Å². The van der Waals surface area contributed by atoms with E-state index in [4.69, 9.17) is 0 Å². The maximum Gasteiger partial charge on any atom is 0.0347 e. The van der Waals surface area contributed by atoms with Crippen molar-refractivity contribution in [1.82, 2.24) is 5.32 Å². The van der Waals surface area contributed by atoms with Crippen LogP contribution in [0.15, 0.2) is 29.6 Å². The average Bonchev–Trinajstić information content (AvgIpc) is 2.70. The van der Waals surface area contributed by atoms with Gasteiger partial charge in [-0.2, -0.15) is 0 Å². The summed E-state index contributed by atoms with van der Waals surface area (Å²) < 4.78 is 1.35. The fraction of sp³-hybridized carbons (Fsp3) is 0.429. The maximum absolute atomic E-state index is 3.46. The molecule has 0 radical (unpaired) electrons. The van der Waals surface area contributed by atoms with Crippen LogP contribution in [0.3, 0.4) is 0 Å². The van der Waals surface area contributed by atoms with Crippen LogP contribution in [0, 0.1) is 0 Å². The lowest BCUT2D eigenvalue weighted by Gasteiger charge is -2.20. The van der Waals surface area contributed by atoms with Gasteiger partial charge in [-0.15, -0.1) is 11.3 Å². The Bertz CT molecular complexity index is 482. The lowest BCUT2D eigenvalue weighted by molar-refractivity contribution is 0.435. The molecule has 0 fully saturated rings. The van der Waals surface area contributed by atoms with Crippen LogP contribution in [0.25, 0.3) is 10.1 Å². The van der Waals surface area contributed by atoms with Crippen LogP contribution in [0.2, 0.25) is 0 Å². The van der Waals surface area contributed by atoms with E-state index in [0.29, 0.717) is 0 Å². The topological polar surface area (TPSA) is 24.1 Å². The second-order valence-corrected chi connectivity index (χ2v) is 6.22. The highest BCUT2D eigenvalue weighted by Gasteiger charge is 2.06. The predicted octanol–water partition coefficient (Wildman–Crippen LogP) is 3.70. The van der Waals surface area contributed by atoms with Gasteiger partial charge in [-0.1, -0.05) is 0 Å². The number of nitrogens with one attached hydrogen (secondary N) is 2. The van der Waals surface area contributed by atoms with Gasteiger partial charge in [0.05, 0.1) is 0 Å². The van der Waals surface area contributed by atoms with Gasteiger partial charge in [0.15, 0.2) is 0 Å². The van der Waals surface area contributed by atoms with E-state index in [0.717, 1.165) is 13.1 Å². The minimum atomic E-state index is 0.193. The molecular formula is C14H20N2S. The minimum Gasteiger partial charge on any atom is -0.384 e. The molecule has 0 unspecified atom stereocenters. The zero-order valence-corrected chi connectivity index (χ0v) is 11.5. The summed E-state index contributed by atoms with van der Waals surface area (Å²) in [6, 6.07) is 8.71. The van der Waals surface area contributed by atoms with Crippen LogP contribution >= 0.6 is 11.3 Å². The maximum atomic E-state index is 3.46. The highest BCUT2D eigenvalue weighted by molar-refractivity contribution is 7.17. The Morgan fingerprint density at radius 3 is 2.71 bits per heavy atom. The molecule has 2 rings (SSSR count). The molecule has 3 heteroatoms. The monoisotopic (exact) mass is 248 g/mol. The summed E-state index contributed by atoms with van der Waals surface area (Å²) in [4.78, 5) is 0. The molecule has 0 aliphatic rings. The molecule has 1 heterocycles. The van der Waals surface area contributed by atoms with Crippen LogP contribution in [0.4, 0.5) is 5.69 Å². The van der Waals surface area contributed by atoms with E-state index < -0.39 is 0 Å². The fourth-order valence-corrected chi connectivity index (χ4v) is 2.49. The third-order valence-electron chi connectivity index (χ3n) is 2.56. The van der Waals surface area contributed by atoms with E-state index in [2.05, 4.69) is 61.1 Å². The molecule has 92 valence electrons. The van der Waals surface area contributed by atoms with Crippen molar-refractivity contribution in [3.8, 4) is 0 Å². The molecule has 2 aromatic rings. The Kier molecular flexibility index (Phi) is 3.69. The van der Waals surface area contributed by atoms with Gasteiger partial charge >= 0.3 is 0 Å². The minimum absolute atomic E-state index is 0.193. The lowest BCUT2D eigenvalue weighted by atomic mass is 10.1. The average molecular weight is 248 g/mol. The Labute approximate surface area is 107 Å². The highest BCUT2D eigenvalue weighted by atomic mass is 32.1. The summed E-state index contributed by atoms with van der Waals surface area (Å²) in [6.45, 7) is 8.48. The summed E-state index contributed by atoms with van der Waals surface area (Å²) in [7, 11) is 0. The molecule has 0 saturated carbocycles. The number of thiophene rings is 1. The number of fused-ring (bicyclic) bond motifs is 1. The Morgan fingerprint density at radius 2 is 1.94 bits per heavy atom. The molecule has 2 N–H and O–H groups in total. The summed E-state index contributed by atoms with van der Waals surface area (Å²) in [6.07, 6.45) is 0. The number of anilines is 1. The Balaban J connectivity index is 1.86. The van der Waals surface area contributed by atoms with Gasteiger partial charge in [0.25, 0.3) is 0 Å². The van der Waals surface area contributed by atoms with Crippen molar-refractivity contribution < 1.29 is 0 Å². The van der Waals surface area contributed by atoms with E-state index in [1.54, 1.807) is 11.3 Å². The first kappa shape index (κ1) is 12.4. The van der Waals surface area contributed by atoms with E-state index >= 15 is 0 Å². The van der Waals surface area contributed by atoms with Crippen molar-refractivity contribution in [1.29, 1.82) is 0 Å². The SMILES string of the molecule is CC(C)(C)NCCNc1ccc2sccc2c1. The lowest BCUT2D eigenvalue weighted by Crippen LogP contribution is -2.38. The van der Waals surface area contributed by atoms with Gasteiger partial charge in [-0.05, 0) is 55.8 Å². The molecule has 0 spiro atoms. The molecule has 0 aliphatic carbocycles.